The summed E-state index contributed by atoms with van der Waals surface area (Å²) in [4.78, 5) is 13.0. The summed E-state index contributed by atoms with van der Waals surface area (Å²) >= 11 is 0. The van der Waals surface area contributed by atoms with Gasteiger partial charge in [-0.15, -0.1) is 0 Å². The number of hydrogen-bond acceptors (Lipinski definition) is 3. The molecule has 78 valence electrons. The first-order chi connectivity index (χ1) is 6.77. The zero-order valence-electron chi connectivity index (χ0n) is 8.06. The summed E-state index contributed by atoms with van der Waals surface area (Å²) in [5.41, 5.74) is 0. The Morgan fingerprint density at radius 1 is 1.36 bits per heavy atom. The van der Waals surface area contributed by atoms with Crippen LogP contribution in [0.25, 0.3) is 0 Å². The van der Waals surface area contributed by atoms with Crippen LogP contribution in [0.1, 0.15) is 6.42 Å². The molecule has 0 aromatic rings. The Hall–Kier alpha value is -0.870. The molecule has 2 rings (SSSR count). The molecule has 0 aromatic heterocycles. The van der Waals surface area contributed by atoms with Gasteiger partial charge in [0.25, 0.3) is 0 Å². The van der Waals surface area contributed by atoms with Crippen molar-refractivity contribution in [3.63, 3.8) is 0 Å². The van der Waals surface area contributed by atoms with Gasteiger partial charge in [0.2, 0.25) is 0 Å². The van der Waals surface area contributed by atoms with Crippen LogP contribution in [0.5, 0.6) is 0 Å². The molecule has 1 N–H and O–H groups in total. The van der Waals surface area contributed by atoms with Crippen molar-refractivity contribution < 1.29 is 14.6 Å². The van der Waals surface area contributed by atoms with Crippen molar-refractivity contribution in [2.75, 3.05) is 26.3 Å². The molecule has 0 spiro atoms. The van der Waals surface area contributed by atoms with E-state index < -0.39 is 5.97 Å². The van der Waals surface area contributed by atoms with Gasteiger partial charge in [-0.3, -0.25) is 9.69 Å². The molecule has 1 fully saturated rings. The van der Waals surface area contributed by atoms with E-state index in [9.17, 15) is 4.79 Å². The van der Waals surface area contributed by atoms with Gasteiger partial charge in [0, 0.05) is 19.1 Å². The van der Waals surface area contributed by atoms with Crippen molar-refractivity contribution in [2.45, 2.75) is 12.5 Å². The Balaban J connectivity index is 1.89. The zero-order chi connectivity index (χ0) is 9.97. The van der Waals surface area contributed by atoms with Crippen molar-refractivity contribution in [3.8, 4) is 0 Å². The average Bonchev–Trinajstić information content (AvgIpc) is 2.68. The van der Waals surface area contributed by atoms with Gasteiger partial charge < -0.3 is 9.84 Å². The number of nitrogens with zero attached hydrogens (tertiary/aromatic N) is 1. The molecule has 0 amide bonds. The Kier molecular flexibility index (Phi) is 2.84. The molecule has 2 atom stereocenters. The highest BCUT2D eigenvalue weighted by Crippen LogP contribution is 2.23. The molecule has 0 bridgehead atoms. The summed E-state index contributed by atoms with van der Waals surface area (Å²) in [6, 6.07) is 0.306. The van der Waals surface area contributed by atoms with Crippen LogP contribution in [0.15, 0.2) is 12.2 Å². The lowest BCUT2D eigenvalue weighted by molar-refractivity contribution is -0.140. The molecule has 0 saturated carbocycles. The van der Waals surface area contributed by atoms with Crippen LogP contribution in [-0.2, 0) is 9.53 Å². The number of hydrogen-bond donors (Lipinski definition) is 1. The summed E-state index contributed by atoms with van der Waals surface area (Å²) < 4.78 is 5.25. The number of morpholine rings is 1. The van der Waals surface area contributed by atoms with Crippen LogP contribution >= 0.6 is 0 Å². The Labute approximate surface area is 83.2 Å². The lowest BCUT2D eigenvalue weighted by Gasteiger charge is -2.31. The molecular weight excluding hydrogens is 182 g/mol. The largest absolute Gasteiger partial charge is 0.481 e. The number of ether oxygens (including phenoxy) is 1. The standard InChI is InChI=1S/C10H15NO3/c12-10(13)8-1-2-9(7-8)11-3-5-14-6-4-11/h1-2,8-9H,3-7H2,(H,12,13). The molecule has 1 aliphatic carbocycles. The molecular formula is C10H15NO3. The number of carbonyl (C=O) groups is 1. The first-order valence-electron chi connectivity index (χ1n) is 5.00. The second kappa shape index (κ2) is 4.11. The Morgan fingerprint density at radius 2 is 2.07 bits per heavy atom. The fraction of sp³-hybridized carbons (Fsp3) is 0.700. The first-order valence-corrected chi connectivity index (χ1v) is 5.00. The van der Waals surface area contributed by atoms with E-state index in [1.807, 2.05) is 12.2 Å². The normalized spacial score (nSPS) is 33.4. The van der Waals surface area contributed by atoms with E-state index in [0.29, 0.717) is 6.04 Å². The fourth-order valence-corrected chi connectivity index (χ4v) is 2.04. The molecule has 1 saturated heterocycles. The quantitative estimate of drug-likeness (QED) is 0.649. The van der Waals surface area contributed by atoms with Gasteiger partial charge in [-0.1, -0.05) is 12.2 Å². The van der Waals surface area contributed by atoms with Gasteiger partial charge in [-0.2, -0.15) is 0 Å². The monoisotopic (exact) mass is 197 g/mol. The Bertz CT molecular complexity index is 246. The van der Waals surface area contributed by atoms with Gasteiger partial charge in [0.05, 0.1) is 19.1 Å². The van der Waals surface area contributed by atoms with E-state index in [1.54, 1.807) is 0 Å². The topological polar surface area (TPSA) is 49.8 Å². The highest BCUT2D eigenvalue weighted by molar-refractivity contribution is 5.73. The summed E-state index contributed by atoms with van der Waals surface area (Å²) in [7, 11) is 0. The van der Waals surface area contributed by atoms with E-state index >= 15 is 0 Å². The maximum atomic E-state index is 10.7. The molecule has 0 aromatic carbocycles. The molecule has 0 radical (unpaired) electrons. The third-order valence-electron chi connectivity index (χ3n) is 2.89. The van der Waals surface area contributed by atoms with Crippen LogP contribution in [-0.4, -0.2) is 48.3 Å². The van der Waals surface area contributed by atoms with Crippen molar-refractivity contribution in [2.24, 2.45) is 5.92 Å². The predicted molar refractivity (Wildman–Crippen MR) is 51.1 cm³/mol. The minimum atomic E-state index is -0.711. The molecule has 14 heavy (non-hydrogen) atoms. The second-order valence-corrected chi connectivity index (χ2v) is 3.78. The number of carboxylic acids is 1. The van der Waals surface area contributed by atoms with E-state index in [-0.39, 0.29) is 5.92 Å². The van der Waals surface area contributed by atoms with E-state index in [2.05, 4.69) is 4.90 Å². The smallest absolute Gasteiger partial charge is 0.310 e. The minimum absolute atomic E-state index is 0.289. The molecule has 1 aliphatic heterocycles. The van der Waals surface area contributed by atoms with E-state index in [4.69, 9.17) is 9.84 Å². The SMILES string of the molecule is O=C(O)C1C=CC(N2CCOCC2)C1. The average molecular weight is 197 g/mol. The van der Waals surface area contributed by atoms with Crippen LogP contribution < -0.4 is 0 Å². The number of rotatable bonds is 2. The van der Waals surface area contributed by atoms with Crippen molar-refractivity contribution in [1.29, 1.82) is 0 Å². The molecule has 1 heterocycles. The van der Waals surface area contributed by atoms with Crippen molar-refractivity contribution in [3.05, 3.63) is 12.2 Å². The van der Waals surface area contributed by atoms with Gasteiger partial charge in [0.15, 0.2) is 0 Å². The van der Waals surface area contributed by atoms with E-state index in [0.717, 1.165) is 32.7 Å². The second-order valence-electron chi connectivity index (χ2n) is 3.78. The van der Waals surface area contributed by atoms with Crippen LogP contribution in [0.3, 0.4) is 0 Å². The molecule has 2 aliphatic rings. The maximum Gasteiger partial charge on any atom is 0.310 e. The maximum absolute atomic E-state index is 10.7. The summed E-state index contributed by atoms with van der Waals surface area (Å²) in [6.45, 7) is 3.37. The van der Waals surface area contributed by atoms with Gasteiger partial charge in [-0.05, 0) is 6.42 Å². The lowest BCUT2D eigenvalue weighted by Crippen LogP contribution is -2.42. The van der Waals surface area contributed by atoms with Crippen LogP contribution in [0.4, 0.5) is 0 Å². The Morgan fingerprint density at radius 3 is 2.64 bits per heavy atom. The zero-order valence-corrected chi connectivity index (χ0v) is 8.06. The highest BCUT2D eigenvalue weighted by Gasteiger charge is 2.28. The summed E-state index contributed by atoms with van der Waals surface area (Å²) in [6.07, 6.45) is 4.54. The fourth-order valence-electron chi connectivity index (χ4n) is 2.04. The lowest BCUT2D eigenvalue weighted by atomic mass is 10.1. The molecule has 2 unspecified atom stereocenters. The van der Waals surface area contributed by atoms with E-state index in [1.165, 1.54) is 0 Å². The van der Waals surface area contributed by atoms with Gasteiger partial charge in [0.1, 0.15) is 0 Å². The van der Waals surface area contributed by atoms with Crippen molar-refractivity contribution >= 4 is 5.97 Å². The third-order valence-corrected chi connectivity index (χ3v) is 2.89. The molecule has 4 heteroatoms. The van der Waals surface area contributed by atoms with Crippen LogP contribution in [0, 0.1) is 5.92 Å². The predicted octanol–water partition coefficient (Wildman–Crippen LogP) is 0.348. The number of carboxylic acid groups (broad SMARTS) is 1. The summed E-state index contributed by atoms with van der Waals surface area (Å²) in [5.74, 6) is -1.00. The van der Waals surface area contributed by atoms with Gasteiger partial charge in [-0.25, -0.2) is 0 Å². The van der Waals surface area contributed by atoms with Gasteiger partial charge >= 0.3 is 5.97 Å². The third kappa shape index (κ3) is 1.96. The van der Waals surface area contributed by atoms with Crippen LogP contribution in [0.2, 0.25) is 0 Å². The molecule has 4 nitrogen and oxygen atoms in total. The number of aliphatic carboxylic acids is 1. The highest BCUT2D eigenvalue weighted by atomic mass is 16.5. The minimum Gasteiger partial charge on any atom is -0.481 e. The summed E-state index contributed by atoms with van der Waals surface area (Å²) in [5, 5.41) is 8.83. The van der Waals surface area contributed by atoms with Crippen molar-refractivity contribution in [1.82, 2.24) is 4.90 Å². The first kappa shape index (κ1) is 9.68.